The summed E-state index contributed by atoms with van der Waals surface area (Å²) in [5.41, 5.74) is 1.06. The van der Waals surface area contributed by atoms with Gasteiger partial charge in [0.15, 0.2) is 6.61 Å². The minimum atomic E-state index is -0.175. The van der Waals surface area contributed by atoms with Crippen LogP contribution in [0.25, 0.3) is 0 Å². The van der Waals surface area contributed by atoms with Crippen LogP contribution in [0, 0.1) is 6.92 Å². The SMILES string of the molecule is Cc1csc(CCCCNC(=O)COc2cc(Cl)ccc2Cl)n1. The number of nitrogens with zero attached hydrogens (tertiary/aromatic N) is 1. The number of thiazole rings is 1. The molecular formula is C16H18Cl2N2O2S. The van der Waals surface area contributed by atoms with E-state index in [1.807, 2.05) is 6.92 Å². The standard InChI is InChI=1S/C16H18Cl2N2O2S/c1-11-10-23-16(20-11)4-2-3-7-19-15(21)9-22-14-8-12(17)5-6-13(14)18/h5-6,8,10H,2-4,7,9H2,1H3,(H,19,21). The Bertz CT molecular complexity index is 661. The molecule has 4 nitrogen and oxygen atoms in total. The molecule has 124 valence electrons. The molecule has 0 unspecified atom stereocenters. The fourth-order valence-electron chi connectivity index (χ4n) is 1.93. The molecule has 2 rings (SSSR count). The Labute approximate surface area is 149 Å². The van der Waals surface area contributed by atoms with Crippen LogP contribution in [0.2, 0.25) is 10.0 Å². The first-order chi connectivity index (χ1) is 11.0. The number of halogens is 2. The maximum atomic E-state index is 11.7. The van der Waals surface area contributed by atoms with E-state index >= 15 is 0 Å². The van der Waals surface area contributed by atoms with Crippen molar-refractivity contribution >= 4 is 40.4 Å². The average molecular weight is 373 g/mol. The Kier molecular flexibility index (Phi) is 7.15. The van der Waals surface area contributed by atoms with Gasteiger partial charge in [-0.25, -0.2) is 4.98 Å². The van der Waals surface area contributed by atoms with Crippen molar-refractivity contribution in [1.82, 2.24) is 10.3 Å². The highest BCUT2D eigenvalue weighted by Gasteiger charge is 2.06. The van der Waals surface area contributed by atoms with Gasteiger partial charge >= 0.3 is 0 Å². The van der Waals surface area contributed by atoms with Gasteiger partial charge < -0.3 is 10.1 Å². The van der Waals surface area contributed by atoms with Gasteiger partial charge in [0.25, 0.3) is 5.91 Å². The van der Waals surface area contributed by atoms with E-state index in [4.69, 9.17) is 27.9 Å². The average Bonchev–Trinajstić information content (AvgIpc) is 2.93. The quantitative estimate of drug-likeness (QED) is 0.703. The number of carbonyl (C=O) groups excluding carboxylic acids is 1. The van der Waals surface area contributed by atoms with Crippen LogP contribution in [0.3, 0.4) is 0 Å². The van der Waals surface area contributed by atoms with Crippen LogP contribution in [0.4, 0.5) is 0 Å². The van der Waals surface area contributed by atoms with Gasteiger partial charge in [-0.3, -0.25) is 4.79 Å². The number of aromatic nitrogens is 1. The van der Waals surface area contributed by atoms with Gasteiger partial charge in [0.2, 0.25) is 0 Å². The van der Waals surface area contributed by atoms with Gasteiger partial charge in [0.05, 0.1) is 10.0 Å². The Morgan fingerprint density at radius 1 is 1.35 bits per heavy atom. The van der Waals surface area contributed by atoms with Crippen LogP contribution in [0.1, 0.15) is 23.5 Å². The second-order valence-corrected chi connectivity index (χ2v) is 6.84. The minimum Gasteiger partial charge on any atom is -0.482 e. The lowest BCUT2D eigenvalue weighted by atomic mass is 10.2. The normalized spacial score (nSPS) is 10.6. The summed E-state index contributed by atoms with van der Waals surface area (Å²) in [5, 5.41) is 6.97. The minimum absolute atomic E-state index is 0.0776. The Morgan fingerprint density at radius 3 is 2.91 bits per heavy atom. The molecular weight excluding hydrogens is 355 g/mol. The molecule has 0 aliphatic rings. The molecule has 2 aromatic rings. The van der Waals surface area contributed by atoms with Crippen molar-refractivity contribution in [2.45, 2.75) is 26.2 Å². The maximum absolute atomic E-state index is 11.7. The fourth-order valence-corrected chi connectivity index (χ4v) is 3.08. The molecule has 23 heavy (non-hydrogen) atoms. The molecule has 0 atom stereocenters. The molecule has 1 N–H and O–H groups in total. The van der Waals surface area contributed by atoms with Crippen LogP contribution in [-0.2, 0) is 11.2 Å². The smallest absolute Gasteiger partial charge is 0.257 e. The van der Waals surface area contributed by atoms with E-state index in [2.05, 4.69) is 15.7 Å². The molecule has 1 aromatic carbocycles. The summed E-state index contributed by atoms with van der Waals surface area (Å²) in [4.78, 5) is 16.1. The van der Waals surface area contributed by atoms with Crippen molar-refractivity contribution < 1.29 is 9.53 Å². The van der Waals surface area contributed by atoms with Crippen LogP contribution in [-0.4, -0.2) is 24.0 Å². The monoisotopic (exact) mass is 372 g/mol. The number of hydrogen-bond acceptors (Lipinski definition) is 4. The highest BCUT2D eigenvalue weighted by molar-refractivity contribution is 7.09. The lowest BCUT2D eigenvalue weighted by Gasteiger charge is -2.09. The van der Waals surface area contributed by atoms with E-state index in [0.29, 0.717) is 22.3 Å². The van der Waals surface area contributed by atoms with Crippen molar-refractivity contribution in [3.8, 4) is 5.75 Å². The Morgan fingerprint density at radius 2 is 2.17 bits per heavy atom. The molecule has 0 radical (unpaired) electrons. The van der Waals surface area contributed by atoms with E-state index < -0.39 is 0 Å². The number of ether oxygens (including phenoxy) is 1. The van der Waals surface area contributed by atoms with Crippen molar-refractivity contribution in [2.75, 3.05) is 13.2 Å². The molecule has 0 saturated heterocycles. The molecule has 0 saturated carbocycles. The van der Waals surface area contributed by atoms with Crippen LogP contribution in [0.15, 0.2) is 23.6 Å². The van der Waals surface area contributed by atoms with Gasteiger partial charge in [-0.15, -0.1) is 11.3 Å². The summed E-state index contributed by atoms with van der Waals surface area (Å²) in [7, 11) is 0. The van der Waals surface area contributed by atoms with Crippen molar-refractivity contribution in [3.63, 3.8) is 0 Å². The molecule has 0 fully saturated rings. The number of nitrogens with one attached hydrogen (secondary N) is 1. The molecule has 7 heteroatoms. The lowest BCUT2D eigenvalue weighted by Crippen LogP contribution is -2.29. The summed E-state index contributed by atoms with van der Waals surface area (Å²) in [6.07, 6.45) is 2.85. The van der Waals surface area contributed by atoms with E-state index in [1.54, 1.807) is 29.5 Å². The van der Waals surface area contributed by atoms with Crippen LogP contribution >= 0.6 is 34.5 Å². The van der Waals surface area contributed by atoms with Crippen LogP contribution < -0.4 is 10.1 Å². The second kappa shape index (κ2) is 9.11. The Balaban J connectivity index is 1.60. The maximum Gasteiger partial charge on any atom is 0.257 e. The molecule has 0 aliphatic heterocycles. The second-order valence-electron chi connectivity index (χ2n) is 5.05. The van der Waals surface area contributed by atoms with Gasteiger partial charge in [-0.05, 0) is 38.3 Å². The van der Waals surface area contributed by atoms with Crippen molar-refractivity contribution in [2.24, 2.45) is 0 Å². The number of hydrogen-bond donors (Lipinski definition) is 1. The summed E-state index contributed by atoms with van der Waals surface area (Å²) in [6.45, 7) is 2.54. The molecule has 1 amide bonds. The third-order valence-corrected chi connectivity index (χ3v) is 4.63. The summed E-state index contributed by atoms with van der Waals surface area (Å²) in [6, 6.07) is 4.89. The lowest BCUT2D eigenvalue weighted by molar-refractivity contribution is -0.123. The number of aryl methyl sites for hydroxylation is 2. The van der Waals surface area contributed by atoms with Gasteiger partial charge in [-0.1, -0.05) is 23.2 Å². The predicted molar refractivity (Wildman–Crippen MR) is 94.8 cm³/mol. The first-order valence-corrected chi connectivity index (χ1v) is 8.93. The van der Waals surface area contributed by atoms with Gasteiger partial charge in [-0.2, -0.15) is 0 Å². The van der Waals surface area contributed by atoms with E-state index in [1.165, 1.54) is 0 Å². The molecule has 0 spiro atoms. The summed E-state index contributed by atoms with van der Waals surface area (Å²) in [5.74, 6) is 0.236. The predicted octanol–water partition coefficient (Wildman–Crippen LogP) is 4.28. The largest absolute Gasteiger partial charge is 0.482 e. The van der Waals surface area contributed by atoms with E-state index in [0.717, 1.165) is 30.0 Å². The zero-order valence-corrected chi connectivity index (χ0v) is 15.1. The third-order valence-electron chi connectivity index (χ3n) is 3.06. The van der Waals surface area contributed by atoms with Gasteiger partial charge in [0, 0.05) is 28.7 Å². The van der Waals surface area contributed by atoms with Crippen molar-refractivity contribution in [3.05, 3.63) is 44.3 Å². The Hall–Kier alpha value is -1.30. The molecule has 1 aromatic heterocycles. The first kappa shape index (κ1) is 18.0. The summed E-state index contributed by atoms with van der Waals surface area (Å²) < 4.78 is 5.37. The molecule has 0 aliphatic carbocycles. The van der Waals surface area contributed by atoms with Crippen LogP contribution in [0.5, 0.6) is 5.75 Å². The number of rotatable bonds is 8. The number of unbranched alkanes of at least 4 members (excludes halogenated alkanes) is 1. The van der Waals surface area contributed by atoms with E-state index in [-0.39, 0.29) is 12.5 Å². The zero-order chi connectivity index (χ0) is 16.7. The first-order valence-electron chi connectivity index (χ1n) is 7.30. The molecule has 1 heterocycles. The topological polar surface area (TPSA) is 51.2 Å². The van der Waals surface area contributed by atoms with Gasteiger partial charge in [0.1, 0.15) is 5.75 Å². The zero-order valence-electron chi connectivity index (χ0n) is 12.8. The highest BCUT2D eigenvalue weighted by atomic mass is 35.5. The number of amides is 1. The number of benzene rings is 1. The number of carbonyl (C=O) groups is 1. The highest BCUT2D eigenvalue weighted by Crippen LogP contribution is 2.27. The molecule has 0 bridgehead atoms. The van der Waals surface area contributed by atoms with Crippen molar-refractivity contribution in [1.29, 1.82) is 0 Å². The van der Waals surface area contributed by atoms with E-state index in [9.17, 15) is 4.79 Å². The fraction of sp³-hybridized carbons (Fsp3) is 0.375. The third kappa shape index (κ3) is 6.37. The summed E-state index contributed by atoms with van der Waals surface area (Å²) >= 11 is 13.5.